The van der Waals surface area contributed by atoms with Gasteiger partial charge in [0, 0.05) is 36.8 Å². The number of nitrogens with one attached hydrogen (secondary N) is 1. The van der Waals surface area contributed by atoms with Crippen molar-refractivity contribution in [3.05, 3.63) is 77.9 Å². The zero-order valence-electron chi connectivity index (χ0n) is 16.7. The first kappa shape index (κ1) is 19.3. The Hall–Kier alpha value is -2.98. The van der Waals surface area contributed by atoms with Crippen LogP contribution in [0.15, 0.2) is 66.7 Å². The molecule has 0 aromatic heterocycles. The van der Waals surface area contributed by atoms with Crippen LogP contribution in [0.1, 0.15) is 42.1 Å². The van der Waals surface area contributed by atoms with Crippen LogP contribution in [0.25, 0.3) is 10.8 Å². The van der Waals surface area contributed by atoms with E-state index < -0.39 is 0 Å². The molecule has 1 saturated carbocycles. The zero-order valence-corrected chi connectivity index (χ0v) is 16.7. The monoisotopic (exact) mass is 386 g/mol. The SMILES string of the molecule is CC(=O)c1cccc(NC(=O)CCN(Cc2cccc3ccccc23)C2CC2)c1. The minimum Gasteiger partial charge on any atom is -0.326 e. The number of fused-ring (bicyclic) bond motifs is 1. The van der Waals surface area contributed by atoms with Crippen molar-refractivity contribution in [2.24, 2.45) is 0 Å². The van der Waals surface area contributed by atoms with E-state index >= 15 is 0 Å². The average molecular weight is 386 g/mol. The van der Waals surface area contributed by atoms with Gasteiger partial charge in [0.25, 0.3) is 0 Å². The highest BCUT2D eigenvalue weighted by Crippen LogP contribution is 2.30. The number of benzene rings is 3. The summed E-state index contributed by atoms with van der Waals surface area (Å²) >= 11 is 0. The summed E-state index contributed by atoms with van der Waals surface area (Å²) in [5.74, 6) is -0.0228. The van der Waals surface area contributed by atoms with Crippen molar-refractivity contribution < 1.29 is 9.59 Å². The Morgan fingerprint density at radius 3 is 2.55 bits per heavy atom. The highest BCUT2D eigenvalue weighted by molar-refractivity contribution is 5.97. The topological polar surface area (TPSA) is 49.4 Å². The number of rotatable bonds is 8. The molecular weight excluding hydrogens is 360 g/mol. The van der Waals surface area contributed by atoms with Crippen LogP contribution >= 0.6 is 0 Å². The van der Waals surface area contributed by atoms with Gasteiger partial charge < -0.3 is 5.32 Å². The molecule has 0 bridgehead atoms. The lowest BCUT2D eigenvalue weighted by Crippen LogP contribution is -2.29. The molecule has 148 valence electrons. The number of carbonyl (C=O) groups excluding carboxylic acids is 2. The maximum absolute atomic E-state index is 12.5. The van der Waals surface area contributed by atoms with Crippen molar-refractivity contribution in [1.82, 2.24) is 4.90 Å². The zero-order chi connectivity index (χ0) is 20.2. The third-order valence-corrected chi connectivity index (χ3v) is 5.50. The second-order valence-corrected chi connectivity index (χ2v) is 7.78. The normalized spacial score (nSPS) is 13.6. The van der Waals surface area contributed by atoms with E-state index in [2.05, 4.69) is 52.7 Å². The number of ketones is 1. The molecule has 4 rings (SSSR count). The Balaban J connectivity index is 1.39. The molecule has 0 atom stereocenters. The van der Waals surface area contributed by atoms with Crippen LogP contribution in [0.2, 0.25) is 0 Å². The minimum atomic E-state index is -0.0192. The Morgan fingerprint density at radius 1 is 1.00 bits per heavy atom. The van der Waals surface area contributed by atoms with Gasteiger partial charge in [0.05, 0.1) is 0 Å². The lowest BCUT2D eigenvalue weighted by atomic mass is 10.0. The van der Waals surface area contributed by atoms with Crippen LogP contribution in [0.3, 0.4) is 0 Å². The van der Waals surface area contributed by atoms with Gasteiger partial charge in [-0.15, -0.1) is 0 Å². The van der Waals surface area contributed by atoms with Crippen LogP contribution in [0.4, 0.5) is 5.69 Å². The fraction of sp³-hybridized carbons (Fsp3) is 0.280. The summed E-state index contributed by atoms with van der Waals surface area (Å²) in [5.41, 5.74) is 2.60. The molecule has 1 N–H and O–H groups in total. The number of anilines is 1. The van der Waals surface area contributed by atoms with E-state index in [9.17, 15) is 9.59 Å². The van der Waals surface area contributed by atoms with Gasteiger partial charge in [-0.1, -0.05) is 54.6 Å². The third kappa shape index (κ3) is 4.90. The first-order valence-corrected chi connectivity index (χ1v) is 10.2. The van der Waals surface area contributed by atoms with Gasteiger partial charge in [-0.25, -0.2) is 0 Å². The maximum atomic E-state index is 12.5. The number of hydrogen-bond donors (Lipinski definition) is 1. The molecule has 1 amide bonds. The van der Waals surface area contributed by atoms with Gasteiger partial charge in [0.2, 0.25) is 5.91 Å². The molecule has 0 radical (unpaired) electrons. The number of amides is 1. The van der Waals surface area contributed by atoms with Crippen LogP contribution in [0, 0.1) is 0 Å². The van der Waals surface area contributed by atoms with Crippen LogP contribution in [-0.2, 0) is 11.3 Å². The molecular formula is C25H26N2O2. The molecule has 1 aliphatic rings. The average Bonchev–Trinajstić information content (AvgIpc) is 3.56. The molecule has 0 heterocycles. The second-order valence-electron chi connectivity index (χ2n) is 7.78. The molecule has 4 heteroatoms. The fourth-order valence-corrected chi connectivity index (χ4v) is 3.76. The van der Waals surface area contributed by atoms with E-state index in [0.29, 0.717) is 23.7 Å². The van der Waals surface area contributed by atoms with Crippen molar-refractivity contribution in [2.75, 3.05) is 11.9 Å². The molecule has 1 aliphatic carbocycles. The van der Waals surface area contributed by atoms with Crippen molar-refractivity contribution in [1.29, 1.82) is 0 Å². The molecule has 4 nitrogen and oxygen atoms in total. The lowest BCUT2D eigenvalue weighted by Gasteiger charge is -2.22. The quantitative estimate of drug-likeness (QED) is 0.552. The van der Waals surface area contributed by atoms with Gasteiger partial charge in [-0.3, -0.25) is 14.5 Å². The molecule has 0 aliphatic heterocycles. The van der Waals surface area contributed by atoms with Gasteiger partial charge in [-0.2, -0.15) is 0 Å². The Bertz CT molecular complexity index is 1030. The van der Waals surface area contributed by atoms with Gasteiger partial charge in [0.1, 0.15) is 0 Å². The van der Waals surface area contributed by atoms with Crippen molar-refractivity contribution in [3.8, 4) is 0 Å². The maximum Gasteiger partial charge on any atom is 0.225 e. The Kier molecular flexibility index (Phi) is 5.72. The van der Waals surface area contributed by atoms with E-state index in [1.165, 1.54) is 36.1 Å². The Labute approximate surface area is 171 Å². The number of hydrogen-bond acceptors (Lipinski definition) is 3. The number of nitrogens with zero attached hydrogens (tertiary/aromatic N) is 1. The third-order valence-electron chi connectivity index (χ3n) is 5.50. The lowest BCUT2D eigenvalue weighted by molar-refractivity contribution is -0.116. The summed E-state index contributed by atoms with van der Waals surface area (Å²) in [6.07, 6.45) is 2.84. The van der Waals surface area contributed by atoms with E-state index in [1.54, 1.807) is 18.2 Å². The molecule has 0 unspecified atom stereocenters. The van der Waals surface area contributed by atoms with Crippen LogP contribution < -0.4 is 5.32 Å². The smallest absolute Gasteiger partial charge is 0.225 e. The highest BCUT2D eigenvalue weighted by Gasteiger charge is 2.29. The molecule has 29 heavy (non-hydrogen) atoms. The van der Waals surface area contributed by atoms with E-state index in [4.69, 9.17) is 0 Å². The highest BCUT2D eigenvalue weighted by atomic mass is 16.1. The molecule has 0 spiro atoms. The largest absolute Gasteiger partial charge is 0.326 e. The van der Waals surface area contributed by atoms with E-state index in [1.807, 2.05) is 6.07 Å². The summed E-state index contributed by atoms with van der Waals surface area (Å²) < 4.78 is 0. The second kappa shape index (κ2) is 8.58. The predicted molar refractivity (Wildman–Crippen MR) is 117 cm³/mol. The molecule has 1 fully saturated rings. The molecule has 3 aromatic carbocycles. The first-order chi connectivity index (χ1) is 14.1. The van der Waals surface area contributed by atoms with Gasteiger partial charge in [0.15, 0.2) is 5.78 Å². The summed E-state index contributed by atoms with van der Waals surface area (Å²) in [6, 6.07) is 22.6. The summed E-state index contributed by atoms with van der Waals surface area (Å²) in [5, 5.41) is 5.46. The molecule has 0 saturated heterocycles. The fourth-order valence-electron chi connectivity index (χ4n) is 3.76. The predicted octanol–water partition coefficient (Wildman–Crippen LogP) is 5.04. The minimum absolute atomic E-state index is 0.00362. The first-order valence-electron chi connectivity index (χ1n) is 10.2. The van der Waals surface area contributed by atoms with Crippen molar-refractivity contribution in [2.45, 2.75) is 38.8 Å². The van der Waals surface area contributed by atoms with E-state index in [-0.39, 0.29) is 11.7 Å². The van der Waals surface area contributed by atoms with Gasteiger partial charge in [-0.05, 0) is 48.2 Å². The Morgan fingerprint density at radius 2 is 1.76 bits per heavy atom. The summed E-state index contributed by atoms with van der Waals surface area (Å²) in [4.78, 5) is 26.4. The standard InChI is InChI=1S/C25H26N2O2/c1-18(28)20-8-5-10-22(16-20)26-25(29)14-15-27(23-12-13-23)17-21-9-4-7-19-6-2-3-11-24(19)21/h2-11,16,23H,12-15,17H2,1H3,(H,26,29). The number of Topliss-reactive ketones (excluding diaryl/α,β-unsaturated/α-hetero) is 1. The van der Waals surface area contributed by atoms with Crippen LogP contribution in [-0.4, -0.2) is 29.2 Å². The van der Waals surface area contributed by atoms with Gasteiger partial charge >= 0.3 is 0 Å². The summed E-state index contributed by atoms with van der Waals surface area (Å²) in [7, 11) is 0. The molecule has 3 aromatic rings. The number of carbonyl (C=O) groups is 2. The van der Waals surface area contributed by atoms with Crippen LogP contribution in [0.5, 0.6) is 0 Å². The summed E-state index contributed by atoms with van der Waals surface area (Å²) in [6.45, 7) is 3.12. The van der Waals surface area contributed by atoms with Crippen molar-refractivity contribution >= 4 is 28.2 Å². The van der Waals surface area contributed by atoms with E-state index in [0.717, 1.165) is 13.1 Å². The van der Waals surface area contributed by atoms with Crippen molar-refractivity contribution in [3.63, 3.8) is 0 Å².